The summed E-state index contributed by atoms with van der Waals surface area (Å²) in [6.07, 6.45) is 3.87. The van der Waals surface area contributed by atoms with Gasteiger partial charge in [0.2, 0.25) is 0 Å². The van der Waals surface area contributed by atoms with Gasteiger partial charge >= 0.3 is 12.2 Å². The Morgan fingerprint density at radius 2 is 1.52 bits per heavy atom. The summed E-state index contributed by atoms with van der Waals surface area (Å²) in [6.45, 7) is 0.678. The Hall–Kier alpha value is -1.46. The highest BCUT2D eigenvalue weighted by Gasteiger charge is 2.52. The number of ether oxygens (including phenoxy) is 2. The molecule has 6 nitrogen and oxygen atoms in total. The van der Waals surface area contributed by atoms with Gasteiger partial charge in [0, 0.05) is 33.6 Å². The molecule has 2 saturated carbocycles. The fraction of sp³-hybridized carbons (Fsp3) is 0.867. The van der Waals surface area contributed by atoms with Crippen LogP contribution in [0.15, 0.2) is 0 Å². The molecule has 120 valence electrons. The van der Waals surface area contributed by atoms with E-state index in [-0.39, 0.29) is 17.6 Å². The van der Waals surface area contributed by atoms with Crippen LogP contribution in [-0.4, -0.2) is 63.4 Å². The van der Waals surface area contributed by atoms with Crippen LogP contribution in [0.1, 0.15) is 25.7 Å². The third-order valence-electron chi connectivity index (χ3n) is 4.80. The van der Waals surface area contributed by atoms with E-state index in [1.54, 1.807) is 28.2 Å². The van der Waals surface area contributed by atoms with E-state index in [4.69, 9.17) is 9.47 Å². The largest absolute Gasteiger partial charge is 0.449 e. The zero-order valence-corrected chi connectivity index (χ0v) is 13.4. The van der Waals surface area contributed by atoms with Crippen molar-refractivity contribution < 1.29 is 19.1 Å². The molecule has 0 N–H and O–H groups in total. The molecule has 2 rings (SSSR count). The summed E-state index contributed by atoms with van der Waals surface area (Å²) in [4.78, 5) is 26.2. The summed E-state index contributed by atoms with van der Waals surface area (Å²) in [5.41, 5.74) is -0.194. The molecule has 2 aliphatic carbocycles. The van der Waals surface area contributed by atoms with E-state index in [2.05, 4.69) is 0 Å². The highest BCUT2D eigenvalue weighted by molar-refractivity contribution is 5.67. The predicted molar refractivity (Wildman–Crippen MR) is 78.0 cm³/mol. The number of fused-ring (bicyclic) bond motifs is 2. The Bertz CT molecular complexity index is 384. The summed E-state index contributed by atoms with van der Waals surface area (Å²) in [7, 11) is 6.67. The molecule has 2 bridgehead atoms. The van der Waals surface area contributed by atoms with Crippen molar-refractivity contribution in [1.82, 2.24) is 9.80 Å². The fourth-order valence-electron chi connectivity index (χ4n) is 3.62. The summed E-state index contributed by atoms with van der Waals surface area (Å²) < 4.78 is 10.8. The van der Waals surface area contributed by atoms with Crippen molar-refractivity contribution in [3.8, 4) is 0 Å². The Balaban J connectivity index is 1.99. The summed E-state index contributed by atoms with van der Waals surface area (Å²) in [6, 6.07) is 0. The van der Waals surface area contributed by atoms with Crippen molar-refractivity contribution in [3.05, 3.63) is 0 Å². The van der Waals surface area contributed by atoms with Gasteiger partial charge in [-0.2, -0.15) is 0 Å². The number of rotatable bonds is 4. The molecular formula is C15H26N2O4. The quantitative estimate of drug-likeness (QED) is 0.798. The number of amides is 2. The van der Waals surface area contributed by atoms with Gasteiger partial charge in [-0.25, -0.2) is 9.59 Å². The van der Waals surface area contributed by atoms with E-state index in [0.717, 1.165) is 12.8 Å². The monoisotopic (exact) mass is 298 g/mol. The van der Waals surface area contributed by atoms with Gasteiger partial charge in [-0.05, 0) is 31.1 Å². The van der Waals surface area contributed by atoms with Gasteiger partial charge in [-0.1, -0.05) is 6.42 Å². The number of hydrogen-bond acceptors (Lipinski definition) is 4. The van der Waals surface area contributed by atoms with Crippen LogP contribution in [0.5, 0.6) is 0 Å². The lowest BCUT2D eigenvalue weighted by Gasteiger charge is -2.36. The minimum atomic E-state index is -0.337. The third kappa shape index (κ3) is 3.41. The molecule has 2 aliphatic rings. The van der Waals surface area contributed by atoms with Gasteiger partial charge in [0.1, 0.15) is 13.2 Å². The first-order valence-corrected chi connectivity index (χ1v) is 7.52. The lowest BCUT2D eigenvalue weighted by Crippen LogP contribution is -2.41. The van der Waals surface area contributed by atoms with Crippen molar-refractivity contribution in [1.29, 1.82) is 0 Å². The topological polar surface area (TPSA) is 59.1 Å². The molecule has 2 fully saturated rings. The Kier molecular flexibility index (Phi) is 4.64. The second-order valence-corrected chi connectivity index (χ2v) is 6.84. The molecule has 0 aromatic rings. The Labute approximate surface area is 126 Å². The van der Waals surface area contributed by atoms with Crippen molar-refractivity contribution in [2.24, 2.45) is 17.3 Å². The number of hydrogen-bond donors (Lipinski definition) is 0. The first kappa shape index (κ1) is 15.9. The summed E-state index contributed by atoms with van der Waals surface area (Å²) in [5, 5.41) is 0. The standard InChI is InChI=1S/C15H26N2O4/c1-16(2)13(18)20-9-15(10-21-14(19)17(3)4)8-11-5-6-12(15)7-11/h11-12H,5-10H2,1-4H3. The zero-order valence-electron chi connectivity index (χ0n) is 13.4. The second-order valence-electron chi connectivity index (χ2n) is 6.84. The minimum absolute atomic E-state index is 0.194. The molecule has 2 amide bonds. The van der Waals surface area contributed by atoms with E-state index < -0.39 is 0 Å². The van der Waals surface area contributed by atoms with Gasteiger partial charge in [-0.3, -0.25) is 0 Å². The number of carbonyl (C=O) groups is 2. The normalized spacial score (nSPS) is 25.5. The molecule has 0 aliphatic heterocycles. The smallest absolute Gasteiger partial charge is 0.409 e. The average Bonchev–Trinajstić information content (AvgIpc) is 3.02. The van der Waals surface area contributed by atoms with Crippen LogP contribution < -0.4 is 0 Å². The molecule has 0 aromatic carbocycles. The maximum absolute atomic E-state index is 11.7. The van der Waals surface area contributed by atoms with E-state index in [1.165, 1.54) is 22.6 Å². The van der Waals surface area contributed by atoms with Crippen LogP contribution in [0.25, 0.3) is 0 Å². The van der Waals surface area contributed by atoms with E-state index in [9.17, 15) is 9.59 Å². The predicted octanol–water partition coefficient (Wildman–Crippen LogP) is 2.19. The maximum atomic E-state index is 11.7. The van der Waals surface area contributed by atoms with Crippen LogP contribution >= 0.6 is 0 Å². The van der Waals surface area contributed by atoms with Crippen molar-refractivity contribution in [2.75, 3.05) is 41.4 Å². The lowest BCUT2D eigenvalue weighted by atomic mass is 9.74. The summed E-state index contributed by atoms with van der Waals surface area (Å²) in [5.74, 6) is 1.18. The molecular weight excluding hydrogens is 272 g/mol. The molecule has 0 radical (unpaired) electrons. The van der Waals surface area contributed by atoms with Gasteiger partial charge < -0.3 is 19.3 Å². The van der Waals surface area contributed by atoms with E-state index in [1.807, 2.05) is 0 Å². The lowest BCUT2D eigenvalue weighted by molar-refractivity contribution is -0.0188. The van der Waals surface area contributed by atoms with Gasteiger partial charge in [-0.15, -0.1) is 0 Å². The van der Waals surface area contributed by atoms with Crippen LogP contribution in [0.4, 0.5) is 9.59 Å². The highest BCUT2D eigenvalue weighted by atomic mass is 16.6. The van der Waals surface area contributed by atoms with Crippen LogP contribution in [0.2, 0.25) is 0 Å². The van der Waals surface area contributed by atoms with E-state index in [0.29, 0.717) is 25.0 Å². The number of carbonyl (C=O) groups excluding carboxylic acids is 2. The maximum Gasteiger partial charge on any atom is 0.409 e. The number of nitrogens with zero attached hydrogens (tertiary/aromatic N) is 2. The Morgan fingerprint density at radius 3 is 1.86 bits per heavy atom. The van der Waals surface area contributed by atoms with E-state index >= 15 is 0 Å². The molecule has 0 heterocycles. The molecule has 2 atom stereocenters. The third-order valence-corrected chi connectivity index (χ3v) is 4.80. The molecule has 0 spiro atoms. The zero-order chi connectivity index (χ0) is 15.6. The first-order valence-electron chi connectivity index (χ1n) is 7.52. The second kappa shape index (κ2) is 6.12. The molecule has 0 saturated heterocycles. The van der Waals surface area contributed by atoms with Crippen LogP contribution in [0.3, 0.4) is 0 Å². The fourth-order valence-corrected chi connectivity index (χ4v) is 3.62. The highest BCUT2D eigenvalue weighted by Crippen LogP contribution is 2.56. The molecule has 2 unspecified atom stereocenters. The van der Waals surface area contributed by atoms with Gasteiger partial charge in [0.15, 0.2) is 0 Å². The van der Waals surface area contributed by atoms with Gasteiger partial charge in [0.05, 0.1) is 0 Å². The van der Waals surface area contributed by atoms with Crippen molar-refractivity contribution >= 4 is 12.2 Å². The van der Waals surface area contributed by atoms with Crippen LogP contribution in [-0.2, 0) is 9.47 Å². The average molecular weight is 298 g/mol. The SMILES string of the molecule is CN(C)C(=O)OCC1(COC(=O)N(C)C)CC2CCC1C2. The van der Waals surface area contributed by atoms with Crippen molar-refractivity contribution in [2.45, 2.75) is 25.7 Å². The summed E-state index contributed by atoms with van der Waals surface area (Å²) >= 11 is 0. The molecule has 6 heteroatoms. The molecule has 0 aromatic heterocycles. The Morgan fingerprint density at radius 1 is 1.00 bits per heavy atom. The van der Waals surface area contributed by atoms with Crippen molar-refractivity contribution in [3.63, 3.8) is 0 Å². The minimum Gasteiger partial charge on any atom is -0.449 e. The van der Waals surface area contributed by atoms with Gasteiger partial charge in [0.25, 0.3) is 0 Å². The molecule has 21 heavy (non-hydrogen) atoms. The first-order chi connectivity index (χ1) is 9.84. The van der Waals surface area contributed by atoms with Crippen LogP contribution in [0, 0.1) is 17.3 Å².